The number of nitrogens with one attached hydrogen (secondary N) is 1. The first-order chi connectivity index (χ1) is 8.67. The summed E-state index contributed by atoms with van der Waals surface area (Å²) in [6, 6.07) is -0.229. The van der Waals surface area contributed by atoms with Crippen LogP contribution in [0.4, 0.5) is 4.79 Å². The molecule has 0 aromatic carbocycles. The molecule has 1 unspecified atom stereocenters. The van der Waals surface area contributed by atoms with E-state index < -0.39 is 17.5 Å². The molecule has 0 aromatic rings. The summed E-state index contributed by atoms with van der Waals surface area (Å²) in [6.07, 6.45) is 1.16. The molecule has 6 heteroatoms. The van der Waals surface area contributed by atoms with Crippen LogP contribution in [0.3, 0.4) is 0 Å². The van der Waals surface area contributed by atoms with E-state index >= 15 is 0 Å². The fourth-order valence-corrected chi connectivity index (χ4v) is 1.63. The fourth-order valence-electron chi connectivity index (χ4n) is 1.63. The number of hydrogen-bond acceptors (Lipinski definition) is 3. The Kier molecular flexibility index (Phi) is 7.44. The largest absolute Gasteiger partial charge is 0.481 e. The highest BCUT2D eigenvalue weighted by Crippen LogP contribution is 2.06. The van der Waals surface area contributed by atoms with Gasteiger partial charge >= 0.3 is 12.0 Å². The molecule has 0 radical (unpaired) electrons. The second-order valence-electron chi connectivity index (χ2n) is 5.44. The number of nitrogens with zero attached hydrogens (tertiary/aromatic N) is 1. The Morgan fingerprint density at radius 3 is 2.37 bits per heavy atom. The zero-order valence-electron chi connectivity index (χ0n) is 12.3. The van der Waals surface area contributed by atoms with Crippen molar-refractivity contribution in [2.75, 3.05) is 19.6 Å². The normalized spacial score (nSPS) is 12.9. The van der Waals surface area contributed by atoms with Gasteiger partial charge in [-0.1, -0.05) is 6.92 Å². The quantitative estimate of drug-likeness (QED) is 0.582. The second-order valence-corrected chi connectivity index (χ2v) is 5.44. The lowest BCUT2D eigenvalue weighted by Gasteiger charge is -2.28. The van der Waals surface area contributed by atoms with Crippen LogP contribution in [0.5, 0.6) is 0 Å². The van der Waals surface area contributed by atoms with Crippen LogP contribution in [0.2, 0.25) is 0 Å². The predicted octanol–water partition coefficient (Wildman–Crippen LogP) is 1.29. The third kappa shape index (κ3) is 8.42. The molecule has 112 valence electrons. The number of carbonyl (C=O) groups is 2. The Bertz CT molecular complexity index is 300. The first-order valence-electron chi connectivity index (χ1n) is 6.65. The predicted molar refractivity (Wildman–Crippen MR) is 73.0 cm³/mol. The van der Waals surface area contributed by atoms with Gasteiger partial charge in [-0.15, -0.1) is 0 Å². The van der Waals surface area contributed by atoms with Gasteiger partial charge in [0, 0.05) is 13.1 Å². The lowest BCUT2D eigenvalue weighted by Crippen LogP contribution is -2.47. The van der Waals surface area contributed by atoms with Crippen LogP contribution in [0.25, 0.3) is 0 Å². The number of likely N-dealkylation sites (N-methyl/N-ethyl adjacent to an activating group) is 1. The van der Waals surface area contributed by atoms with Crippen LogP contribution in [-0.2, 0) is 4.79 Å². The highest BCUT2D eigenvalue weighted by atomic mass is 16.4. The second kappa shape index (κ2) is 7.99. The molecule has 1 atom stereocenters. The summed E-state index contributed by atoms with van der Waals surface area (Å²) in [7, 11) is 0. The third-order valence-corrected chi connectivity index (χ3v) is 2.76. The molecule has 0 spiro atoms. The number of urea groups is 1. The minimum atomic E-state index is -0.925. The first kappa shape index (κ1) is 17.7. The molecule has 0 aliphatic carbocycles. The summed E-state index contributed by atoms with van der Waals surface area (Å²) < 4.78 is 0. The number of rotatable bonds is 8. The first-order valence-corrected chi connectivity index (χ1v) is 6.65. The molecular weight excluding hydrogens is 248 g/mol. The Morgan fingerprint density at radius 1 is 1.37 bits per heavy atom. The van der Waals surface area contributed by atoms with E-state index in [0.29, 0.717) is 25.9 Å². The molecule has 0 saturated carbocycles. The highest BCUT2D eigenvalue weighted by molar-refractivity contribution is 5.74. The zero-order valence-corrected chi connectivity index (χ0v) is 12.3. The third-order valence-electron chi connectivity index (χ3n) is 2.76. The fraction of sp³-hybridized carbons (Fsp3) is 0.846. The summed E-state index contributed by atoms with van der Waals surface area (Å²) in [4.78, 5) is 24.0. The van der Waals surface area contributed by atoms with Gasteiger partial charge in [0.2, 0.25) is 0 Å². The SMILES string of the molecule is CCN(CC(C)(C)O)C(=O)NCCCC(C)C(=O)O. The summed E-state index contributed by atoms with van der Waals surface area (Å²) in [5.41, 5.74) is -0.925. The van der Waals surface area contributed by atoms with E-state index in [-0.39, 0.29) is 12.6 Å². The van der Waals surface area contributed by atoms with Crippen molar-refractivity contribution < 1.29 is 19.8 Å². The Morgan fingerprint density at radius 2 is 1.95 bits per heavy atom. The van der Waals surface area contributed by atoms with Gasteiger partial charge in [-0.05, 0) is 33.6 Å². The molecule has 6 nitrogen and oxygen atoms in total. The minimum absolute atomic E-state index is 0.229. The Labute approximate surface area is 114 Å². The van der Waals surface area contributed by atoms with Crippen LogP contribution in [-0.4, -0.2) is 52.3 Å². The maximum Gasteiger partial charge on any atom is 0.317 e. The van der Waals surface area contributed by atoms with Gasteiger partial charge in [-0.25, -0.2) is 4.79 Å². The number of carboxylic acids is 1. The number of aliphatic hydroxyl groups is 1. The monoisotopic (exact) mass is 274 g/mol. The molecule has 2 amide bonds. The van der Waals surface area contributed by atoms with Gasteiger partial charge in [0.05, 0.1) is 18.1 Å². The molecule has 0 rings (SSSR count). The molecule has 0 aromatic heterocycles. The smallest absolute Gasteiger partial charge is 0.317 e. The maximum atomic E-state index is 11.8. The van der Waals surface area contributed by atoms with Gasteiger partial charge in [-0.2, -0.15) is 0 Å². The van der Waals surface area contributed by atoms with Crippen molar-refractivity contribution in [3.63, 3.8) is 0 Å². The molecule has 0 heterocycles. The average Bonchev–Trinajstić information content (AvgIpc) is 2.29. The van der Waals surface area contributed by atoms with E-state index in [0.717, 1.165) is 0 Å². The number of amides is 2. The van der Waals surface area contributed by atoms with E-state index in [9.17, 15) is 14.7 Å². The van der Waals surface area contributed by atoms with E-state index in [1.807, 2.05) is 6.92 Å². The van der Waals surface area contributed by atoms with Crippen molar-refractivity contribution >= 4 is 12.0 Å². The van der Waals surface area contributed by atoms with Gasteiger partial charge < -0.3 is 20.4 Å². The zero-order chi connectivity index (χ0) is 15.1. The molecule has 0 fully saturated rings. The summed E-state index contributed by atoms with van der Waals surface area (Å²) >= 11 is 0. The van der Waals surface area contributed by atoms with Gasteiger partial charge in [0.25, 0.3) is 0 Å². The lowest BCUT2D eigenvalue weighted by molar-refractivity contribution is -0.141. The Balaban J connectivity index is 3.98. The minimum Gasteiger partial charge on any atom is -0.481 e. The summed E-state index contributed by atoms with van der Waals surface area (Å²) in [5.74, 6) is -1.21. The maximum absolute atomic E-state index is 11.8. The Hall–Kier alpha value is -1.30. The number of aliphatic carboxylic acids is 1. The van der Waals surface area contributed by atoms with Gasteiger partial charge in [0.15, 0.2) is 0 Å². The van der Waals surface area contributed by atoms with E-state index in [1.54, 1.807) is 20.8 Å². The van der Waals surface area contributed by atoms with Crippen LogP contribution in [0.1, 0.15) is 40.5 Å². The van der Waals surface area contributed by atoms with Crippen molar-refractivity contribution in [1.29, 1.82) is 0 Å². The molecule has 19 heavy (non-hydrogen) atoms. The molecule has 3 N–H and O–H groups in total. The topological polar surface area (TPSA) is 89.9 Å². The van der Waals surface area contributed by atoms with Crippen LogP contribution in [0.15, 0.2) is 0 Å². The van der Waals surface area contributed by atoms with E-state index in [1.165, 1.54) is 4.90 Å². The van der Waals surface area contributed by atoms with Crippen molar-refractivity contribution in [1.82, 2.24) is 10.2 Å². The summed E-state index contributed by atoms with van der Waals surface area (Å²) in [6.45, 7) is 8.02. The lowest BCUT2D eigenvalue weighted by atomic mass is 10.1. The van der Waals surface area contributed by atoms with Crippen molar-refractivity contribution in [3.05, 3.63) is 0 Å². The molecule has 0 saturated heterocycles. The van der Waals surface area contributed by atoms with Crippen molar-refractivity contribution in [2.45, 2.75) is 46.1 Å². The van der Waals surface area contributed by atoms with E-state index in [4.69, 9.17) is 5.11 Å². The van der Waals surface area contributed by atoms with E-state index in [2.05, 4.69) is 5.32 Å². The molecule has 0 bridgehead atoms. The van der Waals surface area contributed by atoms with Gasteiger partial charge in [-0.3, -0.25) is 4.79 Å². The standard InChI is InChI=1S/C13H26N2O4/c1-5-15(9-13(3,4)19)12(18)14-8-6-7-10(2)11(16)17/h10,19H,5-9H2,1-4H3,(H,14,18)(H,16,17). The summed E-state index contributed by atoms with van der Waals surface area (Å²) in [5, 5.41) is 21.1. The molecule has 0 aliphatic rings. The highest BCUT2D eigenvalue weighted by Gasteiger charge is 2.20. The van der Waals surface area contributed by atoms with Crippen LogP contribution < -0.4 is 5.32 Å². The van der Waals surface area contributed by atoms with Crippen LogP contribution >= 0.6 is 0 Å². The molecule has 0 aliphatic heterocycles. The van der Waals surface area contributed by atoms with Crippen molar-refractivity contribution in [3.8, 4) is 0 Å². The van der Waals surface area contributed by atoms with Gasteiger partial charge in [0.1, 0.15) is 0 Å². The molecular formula is C13H26N2O4. The van der Waals surface area contributed by atoms with Crippen molar-refractivity contribution in [2.24, 2.45) is 5.92 Å². The number of carbonyl (C=O) groups excluding carboxylic acids is 1. The van der Waals surface area contributed by atoms with Crippen LogP contribution in [0, 0.1) is 5.92 Å². The average molecular weight is 274 g/mol. The number of hydrogen-bond donors (Lipinski definition) is 3. The number of carboxylic acid groups (broad SMARTS) is 1.